The van der Waals surface area contributed by atoms with E-state index in [2.05, 4.69) is 132 Å². The summed E-state index contributed by atoms with van der Waals surface area (Å²) in [6.45, 7) is 5.03. The summed E-state index contributed by atoms with van der Waals surface area (Å²) in [6.07, 6.45) is 7.84. The molecule has 0 saturated carbocycles. The normalized spacial score (nSPS) is 14.9. The summed E-state index contributed by atoms with van der Waals surface area (Å²) < 4.78 is 0. The van der Waals surface area contributed by atoms with Crippen LogP contribution in [0.2, 0.25) is 13.1 Å². The van der Waals surface area contributed by atoms with Crippen molar-refractivity contribution >= 4 is 51.2 Å². The van der Waals surface area contributed by atoms with Gasteiger partial charge in [0, 0.05) is 35.6 Å². The average Bonchev–Trinajstić information content (AvgIpc) is 3.24. The molecule has 0 radical (unpaired) electrons. The predicted molar refractivity (Wildman–Crippen MR) is 167 cm³/mol. The smallest absolute Gasteiger partial charge is 0.115 e. The van der Waals surface area contributed by atoms with Gasteiger partial charge in [0.15, 0.2) is 0 Å². The van der Waals surface area contributed by atoms with Gasteiger partial charge in [-0.25, -0.2) is 0 Å². The second kappa shape index (κ2) is 9.30. The van der Waals surface area contributed by atoms with E-state index in [1.54, 1.807) is 0 Å². The van der Waals surface area contributed by atoms with Gasteiger partial charge in [0.05, 0.1) is 0 Å². The summed E-state index contributed by atoms with van der Waals surface area (Å²) in [5.74, 6) is 0. The molecule has 0 atom stereocenters. The number of nitrogens with zero attached hydrogens (tertiary/aromatic N) is 2. The van der Waals surface area contributed by atoms with Gasteiger partial charge in [0.2, 0.25) is 0 Å². The molecule has 0 saturated heterocycles. The Hall–Kier alpha value is -4.60. The zero-order valence-corrected chi connectivity index (χ0v) is 23.1. The summed E-state index contributed by atoms with van der Waals surface area (Å²) in [6, 6.07) is 39.5. The molecule has 0 N–H and O–H groups in total. The highest BCUT2D eigenvalue weighted by molar-refractivity contribution is 7.13. The minimum absolute atomic E-state index is 1.21. The quantitative estimate of drug-likeness (QED) is 0.218. The van der Waals surface area contributed by atoms with Crippen LogP contribution in [0.5, 0.6) is 0 Å². The largest absolute Gasteiger partial charge is 0.264 e. The number of hydrogen-bond donors (Lipinski definition) is 0. The molecule has 3 heterocycles. The first kappa shape index (κ1) is 23.5. The van der Waals surface area contributed by atoms with Crippen LogP contribution in [0.25, 0.3) is 43.1 Å². The Morgan fingerprint density at radius 2 is 0.897 bits per heavy atom. The van der Waals surface area contributed by atoms with Gasteiger partial charge in [-0.3, -0.25) is 9.97 Å². The van der Waals surface area contributed by atoms with Crippen LogP contribution in [0.3, 0.4) is 0 Å². The lowest BCUT2D eigenvalue weighted by molar-refractivity contribution is 1.36. The van der Waals surface area contributed by atoms with Crippen LogP contribution in [0, 0.1) is 0 Å². The van der Waals surface area contributed by atoms with Crippen LogP contribution in [0.15, 0.2) is 134 Å². The monoisotopic (exact) mass is 516 g/mol. The average molecular weight is 517 g/mol. The van der Waals surface area contributed by atoms with E-state index in [-0.39, 0.29) is 0 Å². The van der Waals surface area contributed by atoms with Crippen molar-refractivity contribution in [1.29, 1.82) is 0 Å². The molecule has 0 amide bonds. The second-order valence-corrected chi connectivity index (χ2v) is 14.9. The number of hydrogen-bond acceptors (Lipinski definition) is 2. The lowest BCUT2D eigenvalue weighted by Crippen LogP contribution is -2.28. The molecule has 0 aliphatic carbocycles. The SMILES string of the molecule is C[Si]1(C)C(c2cccc3ccncc23)=C(c2ccccc2)C(c2ccccc2)=C1c1cccc2ccncc12. The maximum atomic E-state index is 4.56. The molecule has 4 aromatic carbocycles. The highest BCUT2D eigenvalue weighted by atomic mass is 28.3. The van der Waals surface area contributed by atoms with E-state index in [9.17, 15) is 0 Å². The number of fused-ring (bicyclic) bond motifs is 2. The molecule has 2 nitrogen and oxygen atoms in total. The number of allylic oxidation sites excluding steroid dienone is 2. The van der Waals surface area contributed by atoms with Gasteiger partial charge >= 0.3 is 0 Å². The molecule has 0 unspecified atom stereocenters. The molecule has 0 spiro atoms. The number of benzene rings is 4. The maximum absolute atomic E-state index is 4.56. The minimum Gasteiger partial charge on any atom is -0.264 e. The van der Waals surface area contributed by atoms with Gasteiger partial charge in [-0.1, -0.05) is 110 Å². The first-order valence-electron chi connectivity index (χ1n) is 13.4. The summed E-state index contributed by atoms with van der Waals surface area (Å²) in [4.78, 5) is 9.11. The fourth-order valence-electron chi connectivity index (χ4n) is 6.39. The minimum atomic E-state index is -2.30. The van der Waals surface area contributed by atoms with Crippen molar-refractivity contribution in [2.75, 3.05) is 0 Å². The van der Waals surface area contributed by atoms with Crippen molar-refractivity contribution in [3.05, 3.63) is 156 Å². The Morgan fingerprint density at radius 3 is 1.33 bits per heavy atom. The third kappa shape index (κ3) is 3.77. The van der Waals surface area contributed by atoms with Gasteiger partial charge in [0.1, 0.15) is 8.07 Å². The van der Waals surface area contributed by atoms with Crippen LogP contribution in [0.4, 0.5) is 0 Å². The summed E-state index contributed by atoms with van der Waals surface area (Å²) in [5, 5.41) is 7.77. The van der Waals surface area contributed by atoms with Crippen molar-refractivity contribution < 1.29 is 0 Å². The topological polar surface area (TPSA) is 25.8 Å². The Bertz CT molecular complexity index is 1770. The molecule has 2 aromatic heterocycles. The molecule has 0 fully saturated rings. The van der Waals surface area contributed by atoms with Gasteiger partial charge in [0.25, 0.3) is 0 Å². The summed E-state index contributed by atoms with van der Waals surface area (Å²) >= 11 is 0. The fourth-order valence-corrected chi connectivity index (χ4v) is 10.2. The van der Waals surface area contributed by atoms with Crippen molar-refractivity contribution in [3.8, 4) is 0 Å². The number of rotatable bonds is 4. The summed E-state index contributed by atoms with van der Waals surface area (Å²) in [7, 11) is -2.30. The Balaban J connectivity index is 1.66. The molecule has 0 bridgehead atoms. The highest BCUT2D eigenvalue weighted by Gasteiger charge is 2.44. The van der Waals surface area contributed by atoms with Crippen LogP contribution in [-0.2, 0) is 0 Å². The lowest BCUT2D eigenvalue weighted by atomic mass is 9.88. The predicted octanol–water partition coefficient (Wildman–Crippen LogP) is 9.11. The number of aromatic nitrogens is 2. The Kier molecular flexibility index (Phi) is 5.61. The molecule has 186 valence electrons. The molecular weight excluding hydrogens is 488 g/mol. The van der Waals surface area contributed by atoms with E-state index in [4.69, 9.17) is 0 Å². The van der Waals surface area contributed by atoms with E-state index in [1.807, 2.05) is 24.8 Å². The lowest BCUT2D eigenvalue weighted by Gasteiger charge is -2.28. The Morgan fingerprint density at radius 1 is 0.462 bits per heavy atom. The summed E-state index contributed by atoms with van der Waals surface area (Å²) in [5.41, 5.74) is 7.76. The highest BCUT2D eigenvalue weighted by Crippen LogP contribution is 2.56. The molecule has 1 aliphatic heterocycles. The zero-order chi connectivity index (χ0) is 26.4. The van der Waals surface area contributed by atoms with Crippen LogP contribution in [-0.4, -0.2) is 18.0 Å². The van der Waals surface area contributed by atoms with E-state index in [0.29, 0.717) is 0 Å². The molecular formula is C36H28N2Si. The van der Waals surface area contributed by atoms with Gasteiger partial charge in [-0.05, 0) is 66.7 Å². The first-order chi connectivity index (χ1) is 19.1. The second-order valence-electron chi connectivity index (χ2n) is 10.7. The van der Waals surface area contributed by atoms with E-state index >= 15 is 0 Å². The maximum Gasteiger partial charge on any atom is 0.115 e. The molecule has 1 aliphatic rings. The number of pyridine rings is 2. The van der Waals surface area contributed by atoms with Crippen molar-refractivity contribution in [1.82, 2.24) is 9.97 Å². The van der Waals surface area contributed by atoms with Crippen LogP contribution < -0.4 is 0 Å². The third-order valence-corrected chi connectivity index (χ3v) is 11.6. The van der Waals surface area contributed by atoms with Crippen LogP contribution in [0.1, 0.15) is 22.3 Å². The van der Waals surface area contributed by atoms with E-state index < -0.39 is 8.07 Å². The Labute approximate surface area is 230 Å². The molecule has 3 heteroatoms. The standard InChI is InChI=1S/C36H28N2Si/c1-39(2)35(29-17-9-15-25-19-21-37-23-31(25)29)33(27-11-5-3-6-12-27)34(28-13-7-4-8-14-28)36(39)30-18-10-16-26-20-22-38-24-32(26)30/h3-24H,1-2H3. The third-order valence-electron chi connectivity index (χ3n) is 8.03. The van der Waals surface area contributed by atoms with Gasteiger partial charge < -0.3 is 0 Å². The van der Waals surface area contributed by atoms with Gasteiger partial charge in [-0.2, -0.15) is 0 Å². The molecule has 39 heavy (non-hydrogen) atoms. The van der Waals surface area contributed by atoms with Crippen molar-refractivity contribution in [3.63, 3.8) is 0 Å². The van der Waals surface area contributed by atoms with Crippen molar-refractivity contribution in [2.24, 2.45) is 0 Å². The first-order valence-corrected chi connectivity index (χ1v) is 16.4. The molecule has 6 aromatic rings. The molecule has 7 rings (SSSR count). The van der Waals surface area contributed by atoms with Crippen molar-refractivity contribution in [2.45, 2.75) is 13.1 Å². The van der Waals surface area contributed by atoms with Gasteiger partial charge in [-0.15, -0.1) is 0 Å². The zero-order valence-electron chi connectivity index (χ0n) is 22.1. The van der Waals surface area contributed by atoms with E-state index in [1.165, 1.54) is 65.3 Å². The fraction of sp³-hybridized carbons (Fsp3) is 0.0556. The van der Waals surface area contributed by atoms with E-state index in [0.717, 1.165) is 0 Å². The van der Waals surface area contributed by atoms with Crippen LogP contribution >= 0.6 is 0 Å².